The second-order valence-electron chi connectivity index (χ2n) is 4.62. The predicted octanol–water partition coefficient (Wildman–Crippen LogP) is 4.06. The van der Waals surface area contributed by atoms with Crippen molar-refractivity contribution >= 4 is 11.2 Å². The zero-order valence-electron chi connectivity index (χ0n) is 11.1. The number of imidazole rings is 1. The summed E-state index contributed by atoms with van der Waals surface area (Å²) in [5, 5.41) is 3.00. The quantitative estimate of drug-likeness (QED) is 0.771. The third kappa shape index (κ3) is 2.44. The lowest BCUT2D eigenvalue weighted by Crippen LogP contribution is -2.10. The molecule has 0 atom stereocenters. The van der Waals surface area contributed by atoms with E-state index in [0.717, 1.165) is 15.7 Å². The number of anilines is 1. The highest BCUT2D eigenvalue weighted by molar-refractivity contribution is 5.67. The predicted molar refractivity (Wildman–Crippen MR) is 75.2 cm³/mol. The minimum absolute atomic E-state index is 0.415. The summed E-state index contributed by atoms with van der Waals surface area (Å²) in [5.41, 5.74) is 2.91. The molecule has 0 aliphatic rings. The van der Waals surface area contributed by atoms with Crippen LogP contribution in [0.3, 0.4) is 0 Å². The second kappa shape index (κ2) is 4.80. The molecule has 0 fully saturated rings. The molecule has 3 nitrogen and oxygen atoms in total. The molecule has 0 aliphatic carbocycles. The van der Waals surface area contributed by atoms with Crippen LogP contribution in [0, 0.1) is 0 Å². The Kier molecular flexibility index (Phi) is 3.08. The van der Waals surface area contributed by atoms with Gasteiger partial charge in [0.15, 0.2) is 0 Å². The van der Waals surface area contributed by atoms with E-state index in [2.05, 4.69) is 10.3 Å². The monoisotopic (exact) mass is 291 g/mol. The first kappa shape index (κ1) is 13.5. The highest BCUT2D eigenvalue weighted by Gasteiger charge is 2.35. The number of hydrogen-bond acceptors (Lipinski definition) is 2. The molecule has 21 heavy (non-hydrogen) atoms. The highest BCUT2D eigenvalue weighted by atomic mass is 19.4. The van der Waals surface area contributed by atoms with E-state index in [1.165, 1.54) is 12.4 Å². The van der Waals surface area contributed by atoms with Gasteiger partial charge in [0.05, 0.1) is 11.7 Å². The van der Waals surface area contributed by atoms with Crippen LogP contribution in [0.5, 0.6) is 0 Å². The van der Waals surface area contributed by atoms with Crippen molar-refractivity contribution in [3.63, 3.8) is 0 Å². The van der Waals surface area contributed by atoms with E-state index in [-0.39, 0.29) is 0 Å². The van der Waals surface area contributed by atoms with Gasteiger partial charge in [-0.1, -0.05) is 18.2 Å². The standard InChI is InChI=1S/C15H12F3N3/c1-19-12-5-2-10(3-6-12)11-4-7-13-8-20-14(15(16,17)18)21(13)9-11/h2-9,19H,1H3. The Balaban J connectivity index is 2.11. The van der Waals surface area contributed by atoms with Crippen LogP contribution >= 0.6 is 0 Å². The average molecular weight is 291 g/mol. The fourth-order valence-electron chi connectivity index (χ4n) is 2.20. The Labute approximate surface area is 119 Å². The minimum Gasteiger partial charge on any atom is -0.388 e. The van der Waals surface area contributed by atoms with Crippen LogP contribution in [0.2, 0.25) is 0 Å². The van der Waals surface area contributed by atoms with Crippen molar-refractivity contribution in [2.24, 2.45) is 0 Å². The van der Waals surface area contributed by atoms with Gasteiger partial charge in [-0.2, -0.15) is 13.2 Å². The van der Waals surface area contributed by atoms with Gasteiger partial charge in [-0.25, -0.2) is 4.98 Å². The molecule has 0 aliphatic heterocycles. The average Bonchev–Trinajstić information content (AvgIpc) is 2.90. The number of fused-ring (bicyclic) bond motifs is 1. The van der Waals surface area contributed by atoms with Gasteiger partial charge in [0.1, 0.15) is 0 Å². The SMILES string of the molecule is CNc1ccc(-c2ccc3cnc(C(F)(F)F)n3c2)cc1. The summed E-state index contributed by atoms with van der Waals surface area (Å²) < 4.78 is 39.7. The summed E-state index contributed by atoms with van der Waals surface area (Å²) in [4.78, 5) is 3.46. The first-order valence-corrected chi connectivity index (χ1v) is 6.31. The largest absolute Gasteiger partial charge is 0.450 e. The molecule has 1 N–H and O–H groups in total. The summed E-state index contributed by atoms with van der Waals surface area (Å²) in [7, 11) is 1.81. The van der Waals surface area contributed by atoms with E-state index in [9.17, 15) is 13.2 Å². The van der Waals surface area contributed by atoms with Crippen LogP contribution in [-0.2, 0) is 6.18 Å². The number of rotatable bonds is 2. The molecule has 3 rings (SSSR count). The summed E-state index contributed by atoms with van der Waals surface area (Å²) in [5.74, 6) is -0.911. The summed E-state index contributed by atoms with van der Waals surface area (Å²) in [6, 6.07) is 10.9. The number of halogens is 3. The molecule has 0 saturated heterocycles. The summed E-state index contributed by atoms with van der Waals surface area (Å²) >= 11 is 0. The Morgan fingerprint density at radius 3 is 2.29 bits per heavy atom. The molecule has 0 saturated carbocycles. The zero-order valence-corrected chi connectivity index (χ0v) is 11.1. The summed E-state index contributed by atoms with van der Waals surface area (Å²) in [6.07, 6.45) is -1.79. The van der Waals surface area contributed by atoms with E-state index in [0.29, 0.717) is 11.1 Å². The number of aromatic nitrogens is 2. The van der Waals surface area contributed by atoms with Crippen LogP contribution in [0.15, 0.2) is 48.8 Å². The minimum atomic E-state index is -4.47. The Hall–Kier alpha value is -2.50. The molecule has 2 heterocycles. The maximum absolute atomic E-state index is 12.9. The van der Waals surface area contributed by atoms with Crippen molar-refractivity contribution in [3.8, 4) is 11.1 Å². The molecule has 0 amide bonds. The number of alkyl halides is 3. The third-order valence-electron chi connectivity index (χ3n) is 3.29. The van der Waals surface area contributed by atoms with Gasteiger partial charge in [0.25, 0.3) is 0 Å². The first-order chi connectivity index (χ1) is 9.99. The summed E-state index contributed by atoms with van der Waals surface area (Å²) in [6.45, 7) is 0. The van der Waals surface area contributed by atoms with Crippen molar-refractivity contribution in [3.05, 3.63) is 54.6 Å². The van der Waals surface area contributed by atoms with Gasteiger partial charge >= 0.3 is 6.18 Å². The van der Waals surface area contributed by atoms with Gasteiger partial charge < -0.3 is 5.32 Å². The van der Waals surface area contributed by atoms with Gasteiger partial charge in [0.2, 0.25) is 5.82 Å². The molecule has 0 unspecified atom stereocenters. The number of nitrogens with one attached hydrogen (secondary N) is 1. The number of nitrogens with zero attached hydrogens (tertiary/aromatic N) is 2. The molecular formula is C15H12F3N3. The fourth-order valence-corrected chi connectivity index (χ4v) is 2.20. The molecule has 2 aromatic heterocycles. The molecule has 0 radical (unpaired) electrons. The fraction of sp³-hybridized carbons (Fsp3) is 0.133. The van der Waals surface area contributed by atoms with Gasteiger partial charge in [0, 0.05) is 18.9 Å². The lowest BCUT2D eigenvalue weighted by atomic mass is 10.1. The maximum Gasteiger partial charge on any atom is 0.450 e. The molecule has 3 aromatic rings. The number of hydrogen-bond donors (Lipinski definition) is 1. The van der Waals surface area contributed by atoms with E-state index in [1.807, 2.05) is 31.3 Å². The van der Waals surface area contributed by atoms with Crippen LogP contribution in [0.1, 0.15) is 5.82 Å². The Morgan fingerprint density at radius 2 is 1.67 bits per heavy atom. The van der Waals surface area contributed by atoms with E-state index >= 15 is 0 Å². The van der Waals surface area contributed by atoms with Crippen molar-refractivity contribution in [2.45, 2.75) is 6.18 Å². The molecule has 0 spiro atoms. The van der Waals surface area contributed by atoms with Gasteiger partial charge in [-0.3, -0.25) is 4.40 Å². The van der Waals surface area contributed by atoms with Crippen LogP contribution < -0.4 is 5.32 Å². The molecule has 1 aromatic carbocycles. The first-order valence-electron chi connectivity index (χ1n) is 6.31. The highest BCUT2D eigenvalue weighted by Crippen LogP contribution is 2.30. The van der Waals surface area contributed by atoms with Crippen molar-refractivity contribution < 1.29 is 13.2 Å². The van der Waals surface area contributed by atoms with Gasteiger partial charge in [-0.15, -0.1) is 0 Å². The van der Waals surface area contributed by atoms with Crippen molar-refractivity contribution in [1.29, 1.82) is 0 Å². The number of benzene rings is 1. The van der Waals surface area contributed by atoms with E-state index in [1.54, 1.807) is 12.1 Å². The topological polar surface area (TPSA) is 29.3 Å². The van der Waals surface area contributed by atoms with Crippen LogP contribution in [0.25, 0.3) is 16.6 Å². The van der Waals surface area contributed by atoms with E-state index < -0.39 is 12.0 Å². The van der Waals surface area contributed by atoms with Crippen molar-refractivity contribution in [1.82, 2.24) is 9.38 Å². The second-order valence-corrected chi connectivity index (χ2v) is 4.62. The van der Waals surface area contributed by atoms with Crippen LogP contribution in [0.4, 0.5) is 18.9 Å². The lowest BCUT2D eigenvalue weighted by molar-refractivity contribution is -0.145. The number of pyridine rings is 1. The molecular weight excluding hydrogens is 279 g/mol. The maximum atomic E-state index is 12.9. The Bertz CT molecular complexity index is 773. The zero-order chi connectivity index (χ0) is 15.0. The smallest absolute Gasteiger partial charge is 0.388 e. The molecule has 108 valence electrons. The normalized spacial score (nSPS) is 11.8. The lowest BCUT2D eigenvalue weighted by Gasteiger charge is -2.08. The molecule has 6 heteroatoms. The van der Waals surface area contributed by atoms with Crippen LogP contribution in [-0.4, -0.2) is 16.4 Å². The Morgan fingerprint density at radius 1 is 1.00 bits per heavy atom. The van der Waals surface area contributed by atoms with E-state index in [4.69, 9.17) is 0 Å². The van der Waals surface area contributed by atoms with Crippen molar-refractivity contribution in [2.75, 3.05) is 12.4 Å². The molecule has 0 bridgehead atoms. The third-order valence-corrected chi connectivity index (χ3v) is 3.29. The van der Waals surface area contributed by atoms with Gasteiger partial charge in [-0.05, 0) is 29.3 Å².